The first kappa shape index (κ1) is 16.9. The summed E-state index contributed by atoms with van der Waals surface area (Å²) in [7, 11) is 3.79. The third-order valence-electron chi connectivity index (χ3n) is 3.92. The average Bonchev–Trinajstić information content (AvgIpc) is 2.65. The Bertz CT molecular complexity index is 217. The molecule has 114 valence electrons. The lowest BCUT2D eigenvalue weighted by atomic mass is 10.1. The van der Waals surface area contributed by atoms with Crippen LogP contribution in [0.2, 0.25) is 0 Å². The maximum Gasteiger partial charge on any atom is 0.0900 e. The predicted molar refractivity (Wildman–Crippen MR) is 77.4 cm³/mol. The second kappa shape index (κ2) is 9.70. The summed E-state index contributed by atoms with van der Waals surface area (Å²) in [6.45, 7) is 3.63. The molecular formula is C15H31NO3. The van der Waals surface area contributed by atoms with Crippen LogP contribution in [-0.4, -0.2) is 62.2 Å². The van der Waals surface area contributed by atoms with Crippen LogP contribution in [-0.2, 0) is 9.47 Å². The largest absolute Gasteiger partial charge is 0.389 e. The minimum Gasteiger partial charge on any atom is -0.389 e. The summed E-state index contributed by atoms with van der Waals surface area (Å²) in [4.78, 5) is 2.31. The van der Waals surface area contributed by atoms with Gasteiger partial charge in [-0.05, 0) is 26.8 Å². The van der Waals surface area contributed by atoms with E-state index in [-0.39, 0.29) is 6.10 Å². The summed E-state index contributed by atoms with van der Waals surface area (Å²) >= 11 is 0. The number of rotatable bonds is 8. The fraction of sp³-hybridized carbons (Fsp3) is 1.00. The number of likely N-dealkylation sites (N-methyl/N-ethyl adjacent to an activating group) is 1. The van der Waals surface area contributed by atoms with E-state index >= 15 is 0 Å². The van der Waals surface area contributed by atoms with Crippen LogP contribution < -0.4 is 0 Å². The molecule has 1 saturated carbocycles. The maximum absolute atomic E-state index is 10.0. The summed E-state index contributed by atoms with van der Waals surface area (Å²) in [6.07, 6.45) is 7.55. The van der Waals surface area contributed by atoms with Crippen molar-refractivity contribution in [3.8, 4) is 0 Å². The smallest absolute Gasteiger partial charge is 0.0900 e. The van der Waals surface area contributed by atoms with Gasteiger partial charge in [-0.25, -0.2) is 0 Å². The zero-order valence-corrected chi connectivity index (χ0v) is 12.8. The van der Waals surface area contributed by atoms with Crippen molar-refractivity contribution in [2.75, 3.05) is 33.9 Å². The van der Waals surface area contributed by atoms with Crippen molar-refractivity contribution in [3.63, 3.8) is 0 Å². The van der Waals surface area contributed by atoms with Crippen LogP contribution in [0.15, 0.2) is 0 Å². The summed E-state index contributed by atoms with van der Waals surface area (Å²) in [5.74, 6) is 0. The van der Waals surface area contributed by atoms with E-state index in [9.17, 15) is 5.11 Å². The highest BCUT2D eigenvalue weighted by Crippen LogP contribution is 2.21. The van der Waals surface area contributed by atoms with Crippen LogP contribution in [0.5, 0.6) is 0 Å². The third-order valence-corrected chi connectivity index (χ3v) is 3.92. The first-order chi connectivity index (χ1) is 9.13. The van der Waals surface area contributed by atoms with E-state index in [1.54, 1.807) is 7.11 Å². The lowest BCUT2D eigenvalue weighted by Crippen LogP contribution is -2.39. The van der Waals surface area contributed by atoms with Gasteiger partial charge in [-0.15, -0.1) is 0 Å². The minimum atomic E-state index is -0.410. The molecule has 1 N–H and O–H groups in total. The predicted octanol–water partition coefficient (Wildman–Crippen LogP) is 2.05. The van der Waals surface area contributed by atoms with Crippen molar-refractivity contribution in [3.05, 3.63) is 0 Å². The Balaban J connectivity index is 2.20. The zero-order valence-electron chi connectivity index (χ0n) is 12.8. The van der Waals surface area contributed by atoms with E-state index in [1.807, 2.05) is 6.92 Å². The van der Waals surface area contributed by atoms with E-state index in [1.165, 1.54) is 38.5 Å². The van der Waals surface area contributed by atoms with Gasteiger partial charge in [0.15, 0.2) is 0 Å². The number of aliphatic hydroxyl groups excluding tert-OH is 1. The van der Waals surface area contributed by atoms with Crippen molar-refractivity contribution >= 4 is 0 Å². The summed E-state index contributed by atoms with van der Waals surface area (Å²) in [6, 6.07) is 0.633. The van der Waals surface area contributed by atoms with E-state index in [0.717, 1.165) is 0 Å². The Morgan fingerprint density at radius 3 is 2.37 bits per heavy atom. The standard InChI is InChI=1S/C15H31NO3/c1-13(11-18-3)19-12-15(17)10-16(2)14-8-6-4-5-7-9-14/h13-15,17H,4-12H2,1-3H3. The number of methoxy groups -OCH3 is 1. The fourth-order valence-corrected chi connectivity index (χ4v) is 2.79. The molecule has 1 aliphatic carbocycles. The molecule has 19 heavy (non-hydrogen) atoms. The van der Waals surface area contributed by atoms with E-state index in [4.69, 9.17) is 9.47 Å². The first-order valence-corrected chi connectivity index (χ1v) is 7.62. The first-order valence-electron chi connectivity index (χ1n) is 7.62. The van der Waals surface area contributed by atoms with Gasteiger partial charge in [-0.2, -0.15) is 0 Å². The van der Waals surface area contributed by atoms with Gasteiger partial charge in [-0.1, -0.05) is 25.7 Å². The van der Waals surface area contributed by atoms with Gasteiger partial charge in [0.05, 0.1) is 25.4 Å². The fourth-order valence-electron chi connectivity index (χ4n) is 2.79. The van der Waals surface area contributed by atoms with Crippen molar-refractivity contribution in [2.45, 2.75) is 63.7 Å². The van der Waals surface area contributed by atoms with Crippen molar-refractivity contribution in [2.24, 2.45) is 0 Å². The number of nitrogens with zero attached hydrogens (tertiary/aromatic N) is 1. The van der Waals surface area contributed by atoms with Crippen LogP contribution in [0.1, 0.15) is 45.4 Å². The third kappa shape index (κ3) is 7.25. The van der Waals surface area contributed by atoms with Gasteiger partial charge in [0.25, 0.3) is 0 Å². The van der Waals surface area contributed by atoms with Gasteiger partial charge in [0.2, 0.25) is 0 Å². The molecule has 0 radical (unpaired) electrons. The molecule has 0 saturated heterocycles. The van der Waals surface area contributed by atoms with Gasteiger partial charge >= 0.3 is 0 Å². The molecule has 0 spiro atoms. The summed E-state index contributed by atoms with van der Waals surface area (Å²) in [5.41, 5.74) is 0. The Morgan fingerprint density at radius 2 is 1.79 bits per heavy atom. The molecule has 4 nitrogen and oxygen atoms in total. The lowest BCUT2D eigenvalue weighted by Gasteiger charge is -2.29. The second-order valence-electron chi connectivity index (χ2n) is 5.84. The molecule has 1 fully saturated rings. The summed E-state index contributed by atoms with van der Waals surface area (Å²) < 4.78 is 10.6. The Hall–Kier alpha value is -0.160. The highest BCUT2D eigenvalue weighted by atomic mass is 16.5. The van der Waals surface area contributed by atoms with E-state index < -0.39 is 6.10 Å². The molecule has 1 aliphatic rings. The van der Waals surface area contributed by atoms with Crippen molar-refractivity contribution < 1.29 is 14.6 Å². The number of ether oxygens (including phenoxy) is 2. The Labute approximate surface area is 118 Å². The molecule has 2 atom stereocenters. The van der Waals surface area contributed by atoms with Gasteiger partial charge in [0.1, 0.15) is 0 Å². The Morgan fingerprint density at radius 1 is 1.16 bits per heavy atom. The molecule has 2 unspecified atom stereocenters. The maximum atomic E-state index is 10.0. The zero-order chi connectivity index (χ0) is 14.1. The van der Waals surface area contributed by atoms with Crippen molar-refractivity contribution in [1.82, 2.24) is 4.90 Å². The minimum absolute atomic E-state index is 0.0443. The molecular weight excluding hydrogens is 242 g/mol. The molecule has 0 bridgehead atoms. The molecule has 0 amide bonds. The number of hydrogen-bond donors (Lipinski definition) is 1. The Kier molecular flexibility index (Phi) is 8.62. The second-order valence-corrected chi connectivity index (χ2v) is 5.84. The van der Waals surface area contributed by atoms with Crippen LogP contribution >= 0.6 is 0 Å². The van der Waals surface area contributed by atoms with Gasteiger partial charge < -0.3 is 19.5 Å². The van der Waals surface area contributed by atoms with Crippen molar-refractivity contribution in [1.29, 1.82) is 0 Å². The van der Waals surface area contributed by atoms with E-state index in [2.05, 4.69) is 11.9 Å². The SMILES string of the molecule is COCC(C)OCC(O)CN(C)C1CCCCCC1. The molecule has 0 aliphatic heterocycles. The molecule has 0 heterocycles. The molecule has 0 aromatic heterocycles. The quantitative estimate of drug-likeness (QED) is 0.687. The molecule has 1 rings (SSSR count). The monoisotopic (exact) mass is 273 g/mol. The number of hydrogen-bond acceptors (Lipinski definition) is 4. The molecule has 0 aromatic carbocycles. The average molecular weight is 273 g/mol. The lowest BCUT2D eigenvalue weighted by molar-refractivity contribution is -0.0410. The molecule has 0 aromatic rings. The highest BCUT2D eigenvalue weighted by Gasteiger charge is 2.19. The summed E-state index contributed by atoms with van der Waals surface area (Å²) in [5, 5.41) is 10.0. The highest BCUT2D eigenvalue weighted by molar-refractivity contribution is 4.74. The topological polar surface area (TPSA) is 41.9 Å². The molecule has 4 heteroatoms. The van der Waals surface area contributed by atoms with Crippen LogP contribution in [0, 0.1) is 0 Å². The van der Waals surface area contributed by atoms with Gasteiger partial charge in [-0.3, -0.25) is 0 Å². The van der Waals surface area contributed by atoms with Crippen LogP contribution in [0.3, 0.4) is 0 Å². The van der Waals surface area contributed by atoms with Crippen LogP contribution in [0.25, 0.3) is 0 Å². The normalized spacial score (nSPS) is 21.3. The number of aliphatic hydroxyl groups is 1. The van der Waals surface area contributed by atoms with E-state index in [0.29, 0.717) is 25.8 Å². The van der Waals surface area contributed by atoms with Crippen LogP contribution in [0.4, 0.5) is 0 Å². The van der Waals surface area contributed by atoms with Gasteiger partial charge in [0, 0.05) is 19.7 Å².